The number of carbonyl (C=O) groups is 2. The number of rotatable bonds is 9. The van der Waals surface area contributed by atoms with Gasteiger partial charge >= 0.3 is 5.97 Å². The predicted molar refractivity (Wildman–Crippen MR) is 84.9 cm³/mol. The molecule has 22 heavy (non-hydrogen) atoms. The lowest BCUT2D eigenvalue weighted by Crippen LogP contribution is -2.41. The molecule has 2 N–H and O–H groups in total. The van der Waals surface area contributed by atoms with Crippen LogP contribution in [-0.2, 0) is 9.59 Å². The average molecular weight is 307 g/mol. The summed E-state index contributed by atoms with van der Waals surface area (Å²) in [5.74, 6) is -0.242. The third kappa shape index (κ3) is 7.11. The Labute approximate surface area is 131 Å². The molecule has 1 aromatic carbocycles. The van der Waals surface area contributed by atoms with E-state index < -0.39 is 12.0 Å². The first-order valence-electron chi connectivity index (χ1n) is 7.60. The van der Waals surface area contributed by atoms with E-state index in [1.54, 1.807) is 0 Å². The zero-order valence-corrected chi connectivity index (χ0v) is 13.5. The van der Waals surface area contributed by atoms with Gasteiger partial charge in [0.15, 0.2) is 0 Å². The Morgan fingerprint density at radius 3 is 2.64 bits per heavy atom. The quantitative estimate of drug-likeness (QED) is 0.688. The number of aryl methyl sites for hydroxylation is 1. The second-order valence-corrected chi connectivity index (χ2v) is 5.86. The molecule has 0 spiro atoms. The molecule has 0 aliphatic carbocycles. The maximum Gasteiger partial charge on any atom is 0.326 e. The Hall–Kier alpha value is -2.04. The third-order valence-electron chi connectivity index (χ3n) is 3.15. The second-order valence-electron chi connectivity index (χ2n) is 5.86. The van der Waals surface area contributed by atoms with Crippen LogP contribution in [0.2, 0.25) is 0 Å². The second kappa shape index (κ2) is 9.07. The van der Waals surface area contributed by atoms with Crippen molar-refractivity contribution < 1.29 is 19.4 Å². The van der Waals surface area contributed by atoms with Crippen LogP contribution in [0, 0.1) is 12.8 Å². The summed E-state index contributed by atoms with van der Waals surface area (Å²) in [6.07, 6.45) is 1.24. The van der Waals surface area contributed by atoms with Gasteiger partial charge in [-0.05, 0) is 43.4 Å². The zero-order chi connectivity index (χ0) is 16.5. The van der Waals surface area contributed by atoms with Gasteiger partial charge in [0.05, 0.1) is 6.61 Å². The number of carboxylic acid groups (broad SMARTS) is 1. The number of benzene rings is 1. The van der Waals surface area contributed by atoms with Crippen LogP contribution >= 0.6 is 0 Å². The molecule has 0 heterocycles. The van der Waals surface area contributed by atoms with Crippen molar-refractivity contribution in [1.82, 2.24) is 5.32 Å². The van der Waals surface area contributed by atoms with Gasteiger partial charge in [-0.2, -0.15) is 0 Å². The van der Waals surface area contributed by atoms with Gasteiger partial charge in [0.2, 0.25) is 5.91 Å². The summed E-state index contributed by atoms with van der Waals surface area (Å²) in [4.78, 5) is 22.9. The highest BCUT2D eigenvalue weighted by molar-refractivity contribution is 5.83. The van der Waals surface area contributed by atoms with Gasteiger partial charge in [0.25, 0.3) is 0 Å². The fourth-order valence-corrected chi connectivity index (χ4v) is 2.09. The number of nitrogens with one attached hydrogen (secondary N) is 1. The minimum atomic E-state index is -0.988. The lowest BCUT2D eigenvalue weighted by atomic mass is 10.0. The van der Waals surface area contributed by atoms with Crippen LogP contribution in [0.1, 0.15) is 38.7 Å². The van der Waals surface area contributed by atoms with Gasteiger partial charge in [-0.3, -0.25) is 4.79 Å². The van der Waals surface area contributed by atoms with Crippen LogP contribution in [0.5, 0.6) is 5.75 Å². The highest BCUT2D eigenvalue weighted by atomic mass is 16.5. The van der Waals surface area contributed by atoms with E-state index in [0.717, 1.165) is 11.3 Å². The molecule has 122 valence electrons. The molecule has 0 aromatic heterocycles. The van der Waals surface area contributed by atoms with Crippen molar-refractivity contribution in [2.75, 3.05) is 6.61 Å². The monoisotopic (exact) mass is 307 g/mol. The Morgan fingerprint density at radius 2 is 2.05 bits per heavy atom. The van der Waals surface area contributed by atoms with Gasteiger partial charge in [0, 0.05) is 6.42 Å². The minimum Gasteiger partial charge on any atom is -0.494 e. The van der Waals surface area contributed by atoms with E-state index in [4.69, 9.17) is 9.84 Å². The molecule has 0 aliphatic rings. The first-order chi connectivity index (χ1) is 10.4. The molecule has 1 rings (SSSR count). The Balaban J connectivity index is 2.29. The number of hydrogen-bond acceptors (Lipinski definition) is 3. The van der Waals surface area contributed by atoms with E-state index in [1.807, 2.05) is 45.0 Å². The molecule has 1 amide bonds. The van der Waals surface area contributed by atoms with Gasteiger partial charge < -0.3 is 15.2 Å². The van der Waals surface area contributed by atoms with Gasteiger partial charge in [-0.25, -0.2) is 4.79 Å². The largest absolute Gasteiger partial charge is 0.494 e. The van der Waals surface area contributed by atoms with E-state index in [0.29, 0.717) is 19.4 Å². The molecule has 0 fully saturated rings. The molecule has 0 aliphatic heterocycles. The van der Waals surface area contributed by atoms with Crippen LogP contribution in [0.15, 0.2) is 24.3 Å². The number of carbonyl (C=O) groups excluding carboxylic acids is 1. The summed E-state index contributed by atoms with van der Waals surface area (Å²) >= 11 is 0. The fourth-order valence-electron chi connectivity index (χ4n) is 2.09. The molecule has 0 saturated heterocycles. The highest BCUT2D eigenvalue weighted by Crippen LogP contribution is 2.12. The van der Waals surface area contributed by atoms with Gasteiger partial charge in [-0.1, -0.05) is 26.0 Å². The van der Waals surface area contributed by atoms with Gasteiger partial charge in [-0.15, -0.1) is 0 Å². The highest BCUT2D eigenvalue weighted by Gasteiger charge is 2.20. The van der Waals surface area contributed by atoms with Crippen LogP contribution in [0.25, 0.3) is 0 Å². The summed E-state index contributed by atoms with van der Waals surface area (Å²) in [6.45, 7) is 6.27. The van der Waals surface area contributed by atoms with Crippen molar-refractivity contribution in [3.63, 3.8) is 0 Å². The lowest BCUT2D eigenvalue weighted by Gasteiger charge is -2.16. The van der Waals surface area contributed by atoms with E-state index >= 15 is 0 Å². The van der Waals surface area contributed by atoms with E-state index in [9.17, 15) is 9.59 Å². The van der Waals surface area contributed by atoms with Crippen molar-refractivity contribution in [1.29, 1.82) is 0 Å². The lowest BCUT2D eigenvalue weighted by molar-refractivity contribution is -0.142. The summed E-state index contributed by atoms with van der Waals surface area (Å²) in [6, 6.07) is 6.89. The molecule has 0 radical (unpaired) electrons. The number of aliphatic carboxylic acids is 1. The summed E-state index contributed by atoms with van der Waals surface area (Å²) in [5.41, 5.74) is 1.12. The number of hydrogen-bond donors (Lipinski definition) is 2. The van der Waals surface area contributed by atoms with Crippen molar-refractivity contribution in [2.24, 2.45) is 5.92 Å². The van der Waals surface area contributed by atoms with Crippen molar-refractivity contribution in [2.45, 2.75) is 46.1 Å². The molecule has 1 atom stereocenters. The van der Waals surface area contributed by atoms with Crippen molar-refractivity contribution in [3.8, 4) is 5.75 Å². The van der Waals surface area contributed by atoms with E-state index in [-0.39, 0.29) is 18.2 Å². The molecule has 0 bridgehead atoms. The van der Waals surface area contributed by atoms with E-state index in [1.165, 1.54) is 0 Å². The zero-order valence-electron chi connectivity index (χ0n) is 13.5. The molecule has 0 unspecified atom stereocenters. The Morgan fingerprint density at radius 1 is 1.32 bits per heavy atom. The topological polar surface area (TPSA) is 75.6 Å². The van der Waals surface area contributed by atoms with Crippen LogP contribution in [0.3, 0.4) is 0 Å². The van der Waals surface area contributed by atoms with Crippen LogP contribution in [0.4, 0.5) is 0 Å². The summed E-state index contributed by atoms with van der Waals surface area (Å²) in [5, 5.41) is 11.6. The van der Waals surface area contributed by atoms with Crippen molar-refractivity contribution in [3.05, 3.63) is 29.8 Å². The molecular formula is C17H25NO4. The van der Waals surface area contributed by atoms with Gasteiger partial charge in [0.1, 0.15) is 11.8 Å². The summed E-state index contributed by atoms with van der Waals surface area (Å²) in [7, 11) is 0. The maximum atomic E-state index is 11.8. The van der Waals surface area contributed by atoms with Crippen LogP contribution < -0.4 is 10.1 Å². The minimum absolute atomic E-state index is 0.214. The molecule has 5 nitrogen and oxygen atoms in total. The first kappa shape index (κ1) is 18.0. The van der Waals surface area contributed by atoms with E-state index in [2.05, 4.69) is 5.32 Å². The number of carboxylic acids is 1. The SMILES string of the molecule is Cc1cccc(OCCCC(=O)N[C@H](CC(C)C)C(=O)O)c1. The standard InChI is InChI=1S/C17H25NO4/c1-12(2)10-15(17(20)21)18-16(19)8-5-9-22-14-7-4-6-13(3)11-14/h4,6-7,11-12,15H,5,8-10H2,1-3H3,(H,18,19)(H,20,21)/t15-/m1/s1. The predicted octanol–water partition coefficient (Wildman–Crippen LogP) is 2.77. The van der Waals surface area contributed by atoms with Crippen molar-refractivity contribution >= 4 is 11.9 Å². The maximum absolute atomic E-state index is 11.8. The molecule has 0 saturated carbocycles. The number of amides is 1. The Kier molecular flexibility index (Phi) is 7.43. The average Bonchev–Trinajstić information content (AvgIpc) is 2.42. The Bertz CT molecular complexity index is 499. The third-order valence-corrected chi connectivity index (χ3v) is 3.15. The van der Waals surface area contributed by atoms with Crippen LogP contribution in [-0.4, -0.2) is 29.6 Å². The number of ether oxygens (including phenoxy) is 1. The first-order valence-corrected chi connectivity index (χ1v) is 7.60. The molecular weight excluding hydrogens is 282 g/mol. The summed E-state index contributed by atoms with van der Waals surface area (Å²) < 4.78 is 5.56. The fraction of sp³-hybridized carbons (Fsp3) is 0.529. The normalized spacial score (nSPS) is 12.0. The molecule has 1 aromatic rings. The smallest absolute Gasteiger partial charge is 0.326 e. The molecule has 5 heteroatoms.